The second-order valence-corrected chi connectivity index (χ2v) is 8.30. The summed E-state index contributed by atoms with van der Waals surface area (Å²) >= 11 is 6.26. The lowest BCUT2D eigenvalue weighted by molar-refractivity contribution is -0.111. The fourth-order valence-electron chi connectivity index (χ4n) is 3.65. The number of hydrogen-bond acceptors (Lipinski definition) is 8. The predicted octanol–water partition coefficient (Wildman–Crippen LogP) is 4.76. The van der Waals surface area contributed by atoms with Crippen LogP contribution < -0.4 is 25.0 Å². The average Bonchev–Trinajstić information content (AvgIpc) is 2.87. The summed E-state index contributed by atoms with van der Waals surface area (Å²) in [6.07, 6.45) is 3.88. The topological polar surface area (TPSA) is 109 Å². The van der Waals surface area contributed by atoms with Crippen LogP contribution in [0.15, 0.2) is 61.3 Å². The summed E-state index contributed by atoms with van der Waals surface area (Å²) in [6.45, 7) is 5.02. The molecular weight excluding hydrogens is 470 g/mol. The van der Waals surface area contributed by atoms with Crippen LogP contribution >= 0.6 is 11.6 Å². The number of aliphatic hydroxyl groups is 1. The highest BCUT2D eigenvalue weighted by Gasteiger charge is 2.19. The highest BCUT2D eigenvalue weighted by Crippen LogP contribution is 2.34. The lowest BCUT2D eigenvalue weighted by atomic mass is 10.1. The van der Waals surface area contributed by atoms with Gasteiger partial charge in [-0.2, -0.15) is 4.98 Å². The van der Waals surface area contributed by atoms with Crippen LogP contribution in [0, 0.1) is 0 Å². The number of piperidine rings is 1. The molecule has 0 radical (unpaired) electrons. The summed E-state index contributed by atoms with van der Waals surface area (Å²) in [7, 11) is 1.60. The first-order chi connectivity index (χ1) is 16.9. The number of halogens is 1. The van der Waals surface area contributed by atoms with Crippen molar-refractivity contribution in [3.05, 3.63) is 66.3 Å². The molecule has 10 heteroatoms. The molecule has 9 nitrogen and oxygen atoms in total. The number of benzene rings is 2. The number of aromatic nitrogens is 2. The minimum Gasteiger partial charge on any atom is -0.494 e. The Labute approximate surface area is 208 Å². The molecule has 0 aliphatic carbocycles. The Morgan fingerprint density at radius 3 is 2.80 bits per heavy atom. The lowest BCUT2D eigenvalue weighted by Crippen LogP contribution is -2.35. The molecule has 182 valence electrons. The molecule has 2 heterocycles. The summed E-state index contributed by atoms with van der Waals surface area (Å²) in [5.41, 5.74) is 2.24. The van der Waals surface area contributed by atoms with E-state index in [0.29, 0.717) is 22.9 Å². The van der Waals surface area contributed by atoms with Gasteiger partial charge < -0.3 is 30.1 Å². The summed E-state index contributed by atoms with van der Waals surface area (Å²) in [4.78, 5) is 22.4. The molecule has 1 aromatic heterocycles. The van der Waals surface area contributed by atoms with Crippen LogP contribution in [0.5, 0.6) is 17.4 Å². The minimum absolute atomic E-state index is 0.152. The predicted molar refractivity (Wildman–Crippen MR) is 136 cm³/mol. The van der Waals surface area contributed by atoms with Gasteiger partial charge in [0, 0.05) is 36.6 Å². The van der Waals surface area contributed by atoms with Crippen LogP contribution in [0.25, 0.3) is 0 Å². The third-order valence-electron chi connectivity index (χ3n) is 5.47. The fraction of sp³-hybridized carbons (Fsp3) is 0.240. The SMILES string of the molecule is C=CC(=O)Nc1cccc(Oc2nc(Nc3ccc(N4CCC(O)CC4)cc3OC)ncc2Cl)c1. The van der Waals surface area contributed by atoms with Gasteiger partial charge in [0.15, 0.2) is 0 Å². The zero-order chi connectivity index (χ0) is 24.8. The Morgan fingerprint density at radius 1 is 1.26 bits per heavy atom. The second-order valence-electron chi connectivity index (χ2n) is 7.90. The normalized spacial score (nSPS) is 13.7. The van der Waals surface area contributed by atoms with Crippen molar-refractivity contribution in [3.63, 3.8) is 0 Å². The van der Waals surface area contributed by atoms with Crippen LogP contribution in [-0.2, 0) is 4.79 Å². The van der Waals surface area contributed by atoms with Crippen molar-refractivity contribution in [3.8, 4) is 17.4 Å². The maximum Gasteiger partial charge on any atom is 0.247 e. The van der Waals surface area contributed by atoms with Gasteiger partial charge in [0.25, 0.3) is 0 Å². The van der Waals surface area contributed by atoms with Gasteiger partial charge in [-0.15, -0.1) is 0 Å². The molecule has 35 heavy (non-hydrogen) atoms. The largest absolute Gasteiger partial charge is 0.494 e. The van der Waals surface area contributed by atoms with E-state index in [-0.39, 0.29) is 28.9 Å². The number of aliphatic hydroxyl groups excluding tert-OH is 1. The van der Waals surface area contributed by atoms with E-state index < -0.39 is 0 Å². The molecule has 3 aromatic rings. The van der Waals surface area contributed by atoms with Crippen molar-refractivity contribution in [2.45, 2.75) is 18.9 Å². The Balaban J connectivity index is 1.50. The monoisotopic (exact) mass is 495 g/mol. The maximum absolute atomic E-state index is 11.6. The molecule has 0 spiro atoms. The minimum atomic E-state index is -0.327. The fourth-order valence-corrected chi connectivity index (χ4v) is 3.78. The molecular formula is C25H26ClN5O4. The summed E-state index contributed by atoms with van der Waals surface area (Å²) < 4.78 is 11.4. The zero-order valence-corrected chi connectivity index (χ0v) is 20.0. The van der Waals surface area contributed by atoms with Crippen LogP contribution in [0.2, 0.25) is 5.02 Å². The maximum atomic E-state index is 11.6. The van der Waals surface area contributed by atoms with Crippen molar-refractivity contribution in [1.29, 1.82) is 0 Å². The van der Waals surface area contributed by atoms with Crippen LogP contribution in [0.3, 0.4) is 0 Å². The third-order valence-corrected chi connectivity index (χ3v) is 5.73. The highest BCUT2D eigenvalue weighted by atomic mass is 35.5. The number of hydrogen-bond donors (Lipinski definition) is 3. The first-order valence-corrected chi connectivity index (χ1v) is 11.4. The highest BCUT2D eigenvalue weighted by molar-refractivity contribution is 6.31. The Bertz CT molecular complexity index is 1210. The third kappa shape index (κ3) is 6.20. The molecule has 0 bridgehead atoms. The summed E-state index contributed by atoms with van der Waals surface area (Å²) in [5, 5.41) is 15.8. The molecule has 0 saturated carbocycles. The van der Waals surface area contributed by atoms with Crippen molar-refractivity contribution in [2.24, 2.45) is 0 Å². The van der Waals surface area contributed by atoms with Crippen molar-refractivity contribution < 1.29 is 19.4 Å². The number of methoxy groups -OCH3 is 1. The van der Waals surface area contributed by atoms with Gasteiger partial charge in [0.05, 0.1) is 25.1 Å². The Morgan fingerprint density at radius 2 is 2.06 bits per heavy atom. The van der Waals surface area contributed by atoms with E-state index in [4.69, 9.17) is 21.1 Å². The molecule has 4 rings (SSSR count). The molecule has 0 atom stereocenters. The first-order valence-electron chi connectivity index (χ1n) is 11.1. The second kappa shape index (κ2) is 11.1. The molecule has 3 N–H and O–H groups in total. The van der Waals surface area contributed by atoms with Crippen LogP contribution in [0.1, 0.15) is 12.8 Å². The van der Waals surface area contributed by atoms with Crippen molar-refractivity contribution in [1.82, 2.24) is 9.97 Å². The molecule has 0 unspecified atom stereocenters. The first kappa shape index (κ1) is 24.3. The number of anilines is 4. The number of nitrogens with one attached hydrogen (secondary N) is 2. The quantitative estimate of drug-likeness (QED) is 0.384. The standard InChI is InChI=1S/C25H26ClN5O4/c1-3-23(33)28-16-5-4-6-19(13-16)35-24-20(26)15-27-25(30-24)29-21-8-7-17(14-22(21)34-2)31-11-9-18(32)10-12-31/h3-8,13-15,18,32H,1,9-12H2,2H3,(H,28,33)(H,27,29,30). The van der Waals surface area contributed by atoms with Crippen molar-refractivity contribution in [2.75, 3.05) is 35.7 Å². The Hall–Kier alpha value is -3.82. The molecule has 1 aliphatic heterocycles. The number of nitrogens with zero attached hydrogens (tertiary/aromatic N) is 3. The van der Waals surface area contributed by atoms with E-state index in [1.54, 1.807) is 31.4 Å². The van der Waals surface area contributed by atoms with Crippen LogP contribution in [0.4, 0.5) is 23.0 Å². The van der Waals surface area contributed by atoms with Crippen LogP contribution in [-0.4, -0.2) is 47.3 Å². The van der Waals surface area contributed by atoms with Gasteiger partial charge >= 0.3 is 0 Å². The zero-order valence-electron chi connectivity index (χ0n) is 19.2. The van der Waals surface area contributed by atoms with Gasteiger partial charge in [-0.05, 0) is 43.2 Å². The molecule has 2 aromatic carbocycles. The molecule has 1 saturated heterocycles. The van der Waals surface area contributed by atoms with Gasteiger partial charge in [-0.25, -0.2) is 4.98 Å². The number of rotatable bonds is 8. The van der Waals surface area contributed by atoms with Gasteiger partial charge in [0.1, 0.15) is 16.5 Å². The molecule has 1 amide bonds. The number of ether oxygens (including phenoxy) is 2. The average molecular weight is 496 g/mol. The van der Waals surface area contributed by atoms with E-state index in [1.165, 1.54) is 12.3 Å². The molecule has 1 aliphatic rings. The van der Waals surface area contributed by atoms with E-state index in [0.717, 1.165) is 31.6 Å². The van der Waals surface area contributed by atoms with Gasteiger partial charge in [-0.1, -0.05) is 24.2 Å². The summed E-state index contributed by atoms with van der Waals surface area (Å²) in [6, 6.07) is 12.6. The summed E-state index contributed by atoms with van der Waals surface area (Å²) in [5.74, 6) is 1.16. The van der Waals surface area contributed by atoms with E-state index >= 15 is 0 Å². The lowest BCUT2D eigenvalue weighted by Gasteiger charge is -2.31. The number of amides is 1. The van der Waals surface area contributed by atoms with Gasteiger partial charge in [0.2, 0.25) is 17.7 Å². The Kier molecular flexibility index (Phi) is 7.69. The number of carbonyl (C=O) groups is 1. The van der Waals surface area contributed by atoms with Crippen molar-refractivity contribution >= 4 is 40.5 Å². The van der Waals surface area contributed by atoms with E-state index in [9.17, 15) is 9.90 Å². The van der Waals surface area contributed by atoms with Gasteiger partial charge in [-0.3, -0.25) is 4.79 Å². The smallest absolute Gasteiger partial charge is 0.247 e. The van der Waals surface area contributed by atoms with E-state index in [2.05, 4.69) is 32.1 Å². The van der Waals surface area contributed by atoms with E-state index in [1.807, 2.05) is 18.2 Å². The molecule has 1 fully saturated rings. The number of carbonyl (C=O) groups excluding carboxylic acids is 1.